The molecule has 1 aromatic rings. The Kier molecular flexibility index (Phi) is 4.22. The van der Waals surface area contributed by atoms with Crippen LogP contribution in [0.15, 0.2) is 18.2 Å². The topological polar surface area (TPSA) is 12.0 Å². The summed E-state index contributed by atoms with van der Waals surface area (Å²) in [6.07, 6.45) is 6.47. The van der Waals surface area contributed by atoms with Crippen LogP contribution in [0.5, 0.6) is 0 Å². The average Bonchev–Trinajstić information content (AvgIpc) is 2.35. The van der Waals surface area contributed by atoms with Crippen LogP contribution >= 0.6 is 0 Å². The van der Waals surface area contributed by atoms with Crippen molar-refractivity contribution in [1.29, 1.82) is 0 Å². The number of benzene rings is 1. The molecular weight excluding hydrogens is 206 g/mol. The van der Waals surface area contributed by atoms with Crippen LogP contribution in [0, 0.1) is 5.92 Å². The van der Waals surface area contributed by atoms with Crippen molar-refractivity contribution >= 4 is 0 Å². The van der Waals surface area contributed by atoms with E-state index >= 15 is 0 Å². The molecule has 17 heavy (non-hydrogen) atoms. The summed E-state index contributed by atoms with van der Waals surface area (Å²) in [6.45, 7) is 4.58. The van der Waals surface area contributed by atoms with Crippen molar-refractivity contribution in [2.45, 2.75) is 52.0 Å². The molecule has 1 nitrogen and oxygen atoms in total. The van der Waals surface area contributed by atoms with Gasteiger partial charge in [0, 0.05) is 6.04 Å². The Balaban J connectivity index is 2.11. The maximum Gasteiger partial charge on any atom is 0.0127 e. The lowest BCUT2D eigenvalue weighted by molar-refractivity contribution is 0.424. The largest absolute Gasteiger partial charge is 0.316 e. The molecule has 0 radical (unpaired) electrons. The molecule has 94 valence electrons. The van der Waals surface area contributed by atoms with Gasteiger partial charge in [0.05, 0.1) is 0 Å². The third kappa shape index (κ3) is 3.10. The molecule has 0 saturated heterocycles. The van der Waals surface area contributed by atoms with Crippen LogP contribution in [0.25, 0.3) is 0 Å². The molecule has 2 rings (SSSR count). The van der Waals surface area contributed by atoms with Crippen LogP contribution in [-0.2, 0) is 19.3 Å². The maximum atomic E-state index is 3.43. The first kappa shape index (κ1) is 12.6. The Morgan fingerprint density at radius 1 is 1.12 bits per heavy atom. The fourth-order valence-electron chi connectivity index (χ4n) is 2.84. The predicted molar refractivity (Wildman–Crippen MR) is 74.5 cm³/mol. The van der Waals surface area contributed by atoms with E-state index in [1.807, 2.05) is 0 Å². The summed E-state index contributed by atoms with van der Waals surface area (Å²) in [5.41, 5.74) is 4.69. The summed E-state index contributed by atoms with van der Waals surface area (Å²) in [5, 5.41) is 3.43. The van der Waals surface area contributed by atoms with Crippen LogP contribution < -0.4 is 5.32 Å². The third-order valence-electron chi connectivity index (χ3n) is 4.04. The molecule has 0 bridgehead atoms. The van der Waals surface area contributed by atoms with Gasteiger partial charge in [-0.05, 0) is 61.8 Å². The van der Waals surface area contributed by atoms with E-state index in [0.29, 0.717) is 12.0 Å². The summed E-state index contributed by atoms with van der Waals surface area (Å²) in [5.74, 6) is 0.691. The highest BCUT2D eigenvalue weighted by Gasteiger charge is 2.14. The Morgan fingerprint density at radius 2 is 1.82 bits per heavy atom. The van der Waals surface area contributed by atoms with Crippen molar-refractivity contribution in [3.05, 3.63) is 34.9 Å². The van der Waals surface area contributed by atoms with Crippen LogP contribution in [-0.4, -0.2) is 13.1 Å². The second-order valence-electron chi connectivity index (χ2n) is 5.65. The van der Waals surface area contributed by atoms with E-state index < -0.39 is 0 Å². The lowest BCUT2D eigenvalue weighted by Crippen LogP contribution is -2.32. The lowest BCUT2D eigenvalue weighted by Gasteiger charge is -2.22. The van der Waals surface area contributed by atoms with E-state index in [9.17, 15) is 0 Å². The Labute approximate surface area is 106 Å². The van der Waals surface area contributed by atoms with Gasteiger partial charge in [-0.3, -0.25) is 0 Å². The van der Waals surface area contributed by atoms with Gasteiger partial charge in [0.15, 0.2) is 0 Å². The molecule has 0 saturated carbocycles. The van der Waals surface area contributed by atoms with Gasteiger partial charge in [-0.1, -0.05) is 32.0 Å². The molecule has 1 aromatic carbocycles. The van der Waals surface area contributed by atoms with Gasteiger partial charge in [-0.15, -0.1) is 0 Å². The zero-order valence-corrected chi connectivity index (χ0v) is 11.4. The molecule has 1 N–H and O–H groups in total. The van der Waals surface area contributed by atoms with E-state index in [0.717, 1.165) is 6.42 Å². The number of aryl methyl sites for hydroxylation is 2. The van der Waals surface area contributed by atoms with Gasteiger partial charge in [-0.2, -0.15) is 0 Å². The fourth-order valence-corrected chi connectivity index (χ4v) is 2.84. The maximum absolute atomic E-state index is 3.43. The average molecular weight is 231 g/mol. The molecular formula is C16H25N. The standard InChI is InChI=1S/C16H25N/c1-12(2)16(17-3)11-13-8-9-14-6-4-5-7-15(14)10-13/h8-10,12,16-17H,4-7,11H2,1-3H3. The van der Waals surface area contributed by atoms with Crippen LogP contribution in [0.3, 0.4) is 0 Å². The Hall–Kier alpha value is -0.820. The van der Waals surface area contributed by atoms with Gasteiger partial charge in [0.25, 0.3) is 0 Å². The van der Waals surface area contributed by atoms with E-state index in [1.54, 1.807) is 11.1 Å². The quantitative estimate of drug-likeness (QED) is 0.838. The van der Waals surface area contributed by atoms with E-state index in [4.69, 9.17) is 0 Å². The van der Waals surface area contributed by atoms with Crippen LogP contribution in [0.2, 0.25) is 0 Å². The van der Waals surface area contributed by atoms with Gasteiger partial charge in [-0.25, -0.2) is 0 Å². The van der Waals surface area contributed by atoms with E-state index in [-0.39, 0.29) is 0 Å². The Morgan fingerprint density at radius 3 is 2.47 bits per heavy atom. The minimum atomic E-state index is 0.594. The molecule has 1 atom stereocenters. The molecule has 0 fully saturated rings. The fraction of sp³-hybridized carbons (Fsp3) is 0.625. The molecule has 1 aliphatic carbocycles. The van der Waals surface area contributed by atoms with Crippen molar-refractivity contribution in [3.63, 3.8) is 0 Å². The second-order valence-corrected chi connectivity index (χ2v) is 5.65. The monoisotopic (exact) mass is 231 g/mol. The van der Waals surface area contributed by atoms with Crippen molar-refractivity contribution in [1.82, 2.24) is 5.32 Å². The first-order chi connectivity index (χ1) is 8.20. The molecule has 0 heterocycles. The summed E-state index contributed by atoms with van der Waals surface area (Å²) in [4.78, 5) is 0. The van der Waals surface area contributed by atoms with Crippen molar-refractivity contribution in [2.75, 3.05) is 7.05 Å². The molecule has 1 heteroatoms. The molecule has 1 unspecified atom stereocenters. The third-order valence-corrected chi connectivity index (χ3v) is 4.04. The molecule has 0 spiro atoms. The summed E-state index contributed by atoms with van der Waals surface area (Å²) in [7, 11) is 2.07. The molecule has 0 amide bonds. The number of hydrogen-bond acceptors (Lipinski definition) is 1. The number of likely N-dealkylation sites (N-methyl/N-ethyl adjacent to an activating group) is 1. The zero-order valence-electron chi connectivity index (χ0n) is 11.4. The molecule has 1 aliphatic rings. The zero-order chi connectivity index (χ0) is 12.3. The molecule has 0 aliphatic heterocycles. The Bertz CT molecular complexity index is 368. The first-order valence-corrected chi connectivity index (χ1v) is 6.98. The normalized spacial score (nSPS) is 16.9. The van der Waals surface area contributed by atoms with Gasteiger partial charge < -0.3 is 5.32 Å². The number of rotatable bonds is 4. The first-order valence-electron chi connectivity index (χ1n) is 6.98. The highest BCUT2D eigenvalue weighted by atomic mass is 14.9. The SMILES string of the molecule is CNC(Cc1ccc2c(c1)CCCC2)C(C)C. The van der Waals surface area contributed by atoms with Crippen LogP contribution in [0.1, 0.15) is 43.4 Å². The minimum absolute atomic E-state index is 0.594. The van der Waals surface area contributed by atoms with Crippen molar-refractivity contribution in [2.24, 2.45) is 5.92 Å². The second kappa shape index (κ2) is 5.68. The predicted octanol–water partition coefficient (Wildman–Crippen LogP) is 3.35. The van der Waals surface area contributed by atoms with E-state index in [1.165, 1.54) is 31.2 Å². The number of fused-ring (bicyclic) bond motifs is 1. The number of hydrogen-bond donors (Lipinski definition) is 1. The van der Waals surface area contributed by atoms with E-state index in [2.05, 4.69) is 44.4 Å². The highest BCUT2D eigenvalue weighted by Crippen LogP contribution is 2.23. The van der Waals surface area contributed by atoms with Crippen LogP contribution in [0.4, 0.5) is 0 Å². The number of nitrogens with one attached hydrogen (secondary N) is 1. The van der Waals surface area contributed by atoms with Gasteiger partial charge in [0.1, 0.15) is 0 Å². The molecule has 0 aromatic heterocycles. The van der Waals surface area contributed by atoms with Crippen molar-refractivity contribution in [3.8, 4) is 0 Å². The van der Waals surface area contributed by atoms with Crippen molar-refractivity contribution < 1.29 is 0 Å². The van der Waals surface area contributed by atoms with Gasteiger partial charge >= 0.3 is 0 Å². The summed E-state index contributed by atoms with van der Waals surface area (Å²) in [6, 6.07) is 7.73. The minimum Gasteiger partial charge on any atom is -0.316 e. The van der Waals surface area contributed by atoms with Gasteiger partial charge in [0.2, 0.25) is 0 Å². The summed E-state index contributed by atoms with van der Waals surface area (Å²) < 4.78 is 0. The smallest absolute Gasteiger partial charge is 0.0127 e. The summed E-state index contributed by atoms with van der Waals surface area (Å²) >= 11 is 0. The lowest BCUT2D eigenvalue weighted by atomic mass is 9.88. The highest BCUT2D eigenvalue weighted by molar-refractivity contribution is 5.34.